The lowest BCUT2D eigenvalue weighted by Gasteiger charge is -2.30. The van der Waals surface area contributed by atoms with Gasteiger partial charge in [0.2, 0.25) is 0 Å². The van der Waals surface area contributed by atoms with Crippen LogP contribution in [0.15, 0.2) is 132 Å². The molecule has 2 heteroatoms. The van der Waals surface area contributed by atoms with Crippen LogP contribution in [0.25, 0.3) is 49.4 Å². The summed E-state index contributed by atoms with van der Waals surface area (Å²) in [6.45, 7) is 0. The summed E-state index contributed by atoms with van der Waals surface area (Å²) in [6, 6.07) is 41.6. The molecule has 0 N–H and O–H groups in total. The van der Waals surface area contributed by atoms with Crippen molar-refractivity contribution in [1.29, 1.82) is 0 Å². The van der Waals surface area contributed by atoms with Gasteiger partial charge in [-0.2, -0.15) is 0 Å². The fraction of sp³-hybridized carbons (Fsp3) is 0.111. The molecule has 2 aromatic heterocycles. The molecular formula is C36H27NO. The van der Waals surface area contributed by atoms with E-state index in [2.05, 4.69) is 132 Å². The number of aromatic nitrogens is 1. The standard InChI is InChI=1S/C36H27NO/c1-2-13-25(30-18-11-19-31-29-17-6-10-23-35(29)38-36(30)31)24(12-1)26-14-3-7-20-32(26)37-33-21-8-4-15-27(33)28-16-5-9-22-34(28)37/h2-11,13-25H,1,12H2. The van der Waals surface area contributed by atoms with Gasteiger partial charge in [-0.3, -0.25) is 0 Å². The first kappa shape index (κ1) is 21.5. The van der Waals surface area contributed by atoms with E-state index in [1.54, 1.807) is 0 Å². The normalized spacial score (nSPS) is 17.7. The Hall–Kier alpha value is -4.56. The molecule has 8 rings (SSSR count). The molecule has 1 aliphatic rings. The number of benzene rings is 5. The molecule has 2 nitrogen and oxygen atoms in total. The molecule has 0 amide bonds. The highest BCUT2D eigenvalue weighted by Crippen LogP contribution is 2.46. The second-order valence-electron chi connectivity index (χ2n) is 10.4. The average Bonchev–Trinajstić information content (AvgIpc) is 3.53. The maximum absolute atomic E-state index is 6.50. The number of hydrogen-bond acceptors (Lipinski definition) is 1. The summed E-state index contributed by atoms with van der Waals surface area (Å²) < 4.78 is 8.97. The second-order valence-corrected chi connectivity index (χ2v) is 10.4. The van der Waals surface area contributed by atoms with E-state index in [4.69, 9.17) is 4.42 Å². The Morgan fingerprint density at radius 1 is 0.579 bits per heavy atom. The Bertz CT molecular complexity index is 1950. The molecule has 0 saturated heterocycles. The predicted octanol–water partition coefficient (Wildman–Crippen LogP) is 9.90. The van der Waals surface area contributed by atoms with Gasteiger partial charge in [0.05, 0.1) is 11.0 Å². The molecule has 2 atom stereocenters. The Balaban J connectivity index is 1.35. The molecule has 38 heavy (non-hydrogen) atoms. The van der Waals surface area contributed by atoms with Gasteiger partial charge < -0.3 is 8.98 Å². The van der Waals surface area contributed by atoms with Crippen molar-refractivity contribution in [2.45, 2.75) is 24.7 Å². The van der Waals surface area contributed by atoms with Gasteiger partial charge in [-0.1, -0.05) is 103 Å². The van der Waals surface area contributed by atoms with Crippen LogP contribution in [-0.2, 0) is 0 Å². The third-order valence-electron chi connectivity index (χ3n) is 8.37. The summed E-state index contributed by atoms with van der Waals surface area (Å²) in [6.07, 6.45) is 6.95. The van der Waals surface area contributed by atoms with Crippen molar-refractivity contribution in [1.82, 2.24) is 4.57 Å². The monoisotopic (exact) mass is 489 g/mol. The molecular weight excluding hydrogens is 462 g/mol. The smallest absolute Gasteiger partial charge is 0.139 e. The highest BCUT2D eigenvalue weighted by molar-refractivity contribution is 6.09. The van der Waals surface area contributed by atoms with Gasteiger partial charge in [0.25, 0.3) is 0 Å². The van der Waals surface area contributed by atoms with Crippen LogP contribution in [0.3, 0.4) is 0 Å². The van der Waals surface area contributed by atoms with Crippen LogP contribution in [0, 0.1) is 0 Å². The lowest BCUT2D eigenvalue weighted by atomic mass is 9.75. The first-order valence-corrected chi connectivity index (χ1v) is 13.5. The Morgan fingerprint density at radius 2 is 1.21 bits per heavy atom. The fourth-order valence-corrected chi connectivity index (χ4v) is 6.72. The van der Waals surface area contributed by atoms with E-state index in [0.29, 0.717) is 5.92 Å². The van der Waals surface area contributed by atoms with Crippen LogP contribution in [0.5, 0.6) is 0 Å². The molecule has 2 heterocycles. The number of rotatable bonds is 3. The van der Waals surface area contributed by atoms with E-state index in [9.17, 15) is 0 Å². The van der Waals surface area contributed by atoms with Crippen molar-refractivity contribution >= 4 is 43.7 Å². The highest BCUT2D eigenvalue weighted by atomic mass is 16.3. The van der Waals surface area contributed by atoms with Crippen molar-refractivity contribution in [3.8, 4) is 5.69 Å². The van der Waals surface area contributed by atoms with Gasteiger partial charge >= 0.3 is 0 Å². The van der Waals surface area contributed by atoms with Crippen molar-refractivity contribution in [3.05, 3.63) is 139 Å². The zero-order valence-electron chi connectivity index (χ0n) is 21.0. The van der Waals surface area contributed by atoms with Crippen LogP contribution in [0.4, 0.5) is 0 Å². The number of furan rings is 1. The predicted molar refractivity (Wildman–Crippen MR) is 158 cm³/mol. The summed E-state index contributed by atoms with van der Waals surface area (Å²) in [4.78, 5) is 0. The molecule has 0 fully saturated rings. The molecule has 1 aliphatic carbocycles. The zero-order chi connectivity index (χ0) is 25.1. The summed E-state index contributed by atoms with van der Waals surface area (Å²) in [7, 11) is 0. The Kier molecular flexibility index (Phi) is 4.81. The van der Waals surface area contributed by atoms with E-state index >= 15 is 0 Å². The van der Waals surface area contributed by atoms with E-state index in [0.717, 1.165) is 24.0 Å². The van der Waals surface area contributed by atoms with Gasteiger partial charge in [-0.05, 0) is 48.6 Å². The summed E-state index contributed by atoms with van der Waals surface area (Å²) in [5.74, 6) is 0.581. The Labute approximate surface area is 221 Å². The summed E-state index contributed by atoms with van der Waals surface area (Å²) in [5.41, 5.74) is 8.42. The van der Waals surface area contributed by atoms with E-state index < -0.39 is 0 Å². The van der Waals surface area contributed by atoms with Gasteiger partial charge in [0.15, 0.2) is 0 Å². The van der Waals surface area contributed by atoms with E-state index in [1.165, 1.54) is 49.4 Å². The van der Waals surface area contributed by atoms with Gasteiger partial charge in [0, 0.05) is 38.7 Å². The number of para-hydroxylation sites is 5. The maximum Gasteiger partial charge on any atom is 0.139 e. The largest absolute Gasteiger partial charge is 0.456 e. The fourth-order valence-electron chi connectivity index (χ4n) is 6.72. The van der Waals surface area contributed by atoms with Crippen LogP contribution in [0.1, 0.15) is 35.8 Å². The van der Waals surface area contributed by atoms with Crippen molar-refractivity contribution < 1.29 is 4.42 Å². The van der Waals surface area contributed by atoms with Gasteiger partial charge in [0.1, 0.15) is 11.2 Å². The van der Waals surface area contributed by atoms with Crippen LogP contribution in [-0.4, -0.2) is 4.57 Å². The number of nitrogens with zero attached hydrogens (tertiary/aromatic N) is 1. The van der Waals surface area contributed by atoms with Crippen LogP contribution in [0.2, 0.25) is 0 Å². The number of hydrogen-bond donors (Lipinski definition) is 0. The number of allylic oxidation sites excluding steroid dienone is 2. The van der Waals surface area contributed by atoms with Crippen LogP contribution < -0.4 is 0 Å². The first-order chi connectivity index (χ1) is 18.9. The van der Waals surface area contributed by atoms with Gasteiger partial charge in [-0.15, -0.1) is 0 Å². The third-order valence-corrected chi connectivity index (χ3v) is 8.37. The van der Waals surface area contributed by atoms with Crippen LogP contribution >= 0.6 is 0 Å². The topological polar surface area (TPSA) is 18.1 Å². The van der Waals surface area contributed by atoms with E-state index in [-0.39, 0.29) is 5.92 Å². The SMILES string of the molecule is C1=CC(c2cccc3c2oc2ccccc23)C(c2ccccc2-n2c3ccccc3c3ccccc32)CC1. The van der Waals surface area contributed by atoms with E-state index in [1.807, 2.05) is 0 Å². The molecule has 0 bridgehead atoms. The first-order valence-electron chi connectivity index (χ1n) is 13.5. The zero-order valence-corrected chi connectivity index (χ0v) is 21.0. The molecule has 2 unspecified atom stereocenters. The summed E-state index contributed by atoms with van der Waals surface area (Å²) >= 11 is 0. The quantitative estimate of drug-likeness (QED) is 0.226. The molecule has 7 aromatic rings. The molecule has 0 saturated carbocycles. The second kappa shape index (κ2) is 8.49. The highest BCUT2D eigenvalue weighted by Gasteiger charge is 2.30. The Morgan fingerprint density at radius 3 is 2.03 bits per heavy atom. The minimum Gasteiger partial charge on any atom is -0.456 e. The molecule has 0 aliphatic heterocycles. The number of fused-ring (bicyclic) bond motifs is 6. The van der Waals surface area contributed by atoms with Crippen molar-refractivity contribution in [2.75, 3.05) is 0 Å². The average molecular weight is 490 g/mol. The lowest BCUT2D eigenvalue weighted by Crippen LogP contribution is -2.15. The van der Waals surface area contributed by atoms with Gasteiger partial charge in [-0.25, -0.2) is 0 Å². The minimum atomic E-state index is 0.238. The molecule has 182 valence electrons. The lowest BCUT2D eigenvalue weighted by molar-refractivity contribution is 0.546. The molecule has 0 spiro atoms. The molecule has 5 aromatic carbocycles. The maximum atomic E-state index is 6.50. The third kappa shape index (κ3) is 3.13. The van der Waals surface area contributed by atoms with Crippen molar-refractivity contribution in [2.24, 2.45) is 0 Å². The minimum absolute atomic E-state index is 0.238. The van der Waals surface area contributed by atoms with Crippen molar-refractivity contribution in [3.63, 3.8) is 0 Å². The molecule has 0 radical (unpaired) electrons. The summed E-state index contributed by atoms with van der Waals surface area (Å²) in [5, 5.41) is 4.98.